The lowest BCUT2D eigenvalue weighted by molar-refractivity contribution is -0.385. The summed E-state index contributed by atoms with van der Waals surface area (Å²) in [5.74, 6) is -1.21. The van der Waals surface area contributed by atoms with Crippen LogP contribution in [0.25, 0.3) is 0 Å². The first-order valence-corrected chi connectivity index (χ1v) is 5.19. The molecule has 0 atom stereocenters. The Bertz CT molecular complexity index is 514. The molecule has 0 unspecified atom stereocenters. The van der Waals surface area contributed by atoms with Gasteiger partial charge in [-0.2, -0.15) is 0 Å². The Hall–Kier alpha value is -2.64. The Morgan fingerprint density at radius 3 is 2.63 bits per heavy atom. The van der Waals surface area contributed by atoms with Crippen molar-refractivity contribution in [1.29, 1.82) is 0 Å². The minimum atomic E-state index is -0.703. The van der Waals surface area contributed by atoms with Crippen LogP contribution in [-0.4, -0.2) is 37.6 Å². The van der Waals surface area contributed by atoms with Crippen molar-refractivity contribution in [2.75, 3.05) is 20.8 Å². The number of nitro groups is 1. The van der Waals surface area contributed by atoms with E-state index < -0.39 is 22.5 Å². The minimum Gasteiger partial charge on any atom is -0.477 e. The number of likely N-dealkylation sites (N-methyl/N-ethyl adjacent to an activating group) is 1. The first kappa shape index (κ1) is 14.4. The summed E-state index contributed by atoms with van der Waals surface area (Å²) in [6, 6.07) is 3.59. The lowest BCUT2D eigenvalue weighted by atomic mass is 10.2. The SMILES string of the molecule is CNC(=O)COc1ccc(C(=O)OC)cc1[N+](=O)[O-]. The molecule has 0 aromatic heterocycles. The Balaban J connectivity index is 3.01. The molecule has 0 aliphatic heterocycles. The Kier molecular flexibility index (Phi) is 4.81. The molecule has 8 heteroatoms. The highest BCUT2D eigenvalue weighted by molar-refractivity contribution is 5.90. The zero-order chi connectivity index (χ0) is 14.4. The van der Waals surface area contributed by atoms with Crippen LogP contribution in [0.5, 0.6) is 5.75 Å². The van der Waals surface area contributed by atoms with Crippen molar-refractivity contribution in [3.8, 4) is 5.75 Å². The Morgan fingerprint density at radius 1 is 1.42 bits per heavy atom. The van der Waals surface area contributed by atoms with Gasteiger partial charge in [-0.25, -0.2) is 4.79 Å². The second-order valence-corrected chi connectivity index (χ2v) is 3.39. The zero-order valence-corrected chi connectivity index (χ0v) is 10.3. The smallest absolute Gasteiger partial charge is 0.338 e. The molecule has 102 valence electrons. The summed E-state index contributed by atoms with van der Waals surface area (Å²) in [6.45, 7) is -0.352. The number of carbonyl (C=O) groups excluding carboxylic acids is 2. The summed E-state index contributed by atoms with van der Waals surface area (Å²) in [5, 5.41) is 13.2. The van der Waals surface area contributed by atoms with Crippen LogP contribution in [-0.2, 0) is 9.53 Å². The molecule has 8 nitrogen and oxygen atoms in total. The quantitative estimate of drug-likeness (QED) is 0.473. The summed E-state index contributed by atoms with van der Waals surface area (Å²) in [5.41, 5.74) is -0.381. The fourth-order valence-corrected chi connectivity index (χ4v) is 1.24. The van der Waals surface area contributed by atoms with Gasteiger partial charge in [0.15, 0.2) is 12.4 Å². The maximum absolute atomic E-state index is 11.3. The van der Waals surface area contributed by atoms with Crippen molar-refractivity contribution in [3.05, 3.63) is 33.9 Å². The number of benzene rings is 1. The van der Waals surface area contributed by atoms with Gasteiger partial charge in [-0.1, -0.05) is 0 Å². The first-order valence-electron chi connectivity index (χ1n) is 5.19. The lowest BCUT2D eigenvalue weighted by Crippen LogP contribution is -2.25. The third-order valence-electron chi connectivity index (χ3n) is 2.21. The van der Waals surface area contributed by atoms with E-state index in [4.69, 9.17) is 4.74 Å². The molecule has 19 heavy (non-hydrogen) atoms. The number of rotatable bonds is 5. The van der Waals surface area contributed by atoms with E-state index in [-0.39, 0.29) is 17.9 Å². The van der Waals surface area contributed by atoms with Crippen LogP contribution in [0.1, 0.15) is 10.4 Å². The van der Waals surface area contributed by atoms with Gasteiger partial charge < -0.3 is 14.8 Å². The van der Waals surface area contributed by atoms with Crippen molar-refractivity contribution in [2.45, 2.75) is 0 Å². The average Bonchev–Trinajstić information content (AvgIpc) is 2.43. The molecular formula is C11H12N2O6. The van der Waals surface area contributed by atoms with Crippen molar-refractivity contribution in [3.63, 3.8) is 0 Å². The highest BCUT2D eigenvalue weighted by Crippen LogP contribution is 2.28. The number of amides is 1. The summed E-state index contributed by atoms with van der Waals surface area (Å²) in [6.07, 6.45) is 0. The molecular weight excluding hydrogens is 256 g/mol. The molecule has 0 heterocycles. The van der Waals surface area contributed by atoms with E-state index in [0.717, 1.165) is 6.07 Å². The number of methoxy groups -OCH3 is 1. The molecule has 0 saturated heterocycles. The molecule has 1 aromatic carbocycles. The van der Waals surface area contributed by atoms with Crippen molar-refractivity contribution in [1.82, 2.24) is 5.32 Å². The molecule has 0 aliphatic carbocycles. The molecule has 0 bridgehead atoms. The van der Waals surface area contributed by atoms with Gasteiger partial charge in [0.2, 0.25) is 0 Å². The summed E-state index contributed by atoms with van der Waals surface area (Å²) in [7, 11) is 2.59. The third kappa shape index (κ3) is 3.66. The van der Waals surface area contributed by atoms with Crippen LogP contribution < -0.4 is 10.1 Å². The van der Waals surface area contributed by atoms with Crippen LogP contribution >= 0.6 is 0 Å². The van der Waals surface area contributed by atoms with Crippen molar-refractivity contribution < 1.29 is 24.0 Å². The van der Waals surface area contributed by atoms with Gasteiger partial charge >= 0.3 is 11.7 Å². The standard InChI is InChI=1S/C11H12N2O6/c1-12-10(14)6-19-9-4-3-7(11(15)18-2)5-8(9)13(16)17/h3-5H,6H2,1-2H3,(H,12,14). The van der Waals surface area contributed by atoms with Gasteiger partial charge in [-0.3, -0.25) is 14.9 Å². The van der Waals surface area contributed by atoms with Gasteiger partial charge in [0.1, 0.15) is 0 Å². The van der Waals surface area contributed by atoms with E-state index in [2.05, 4.69) is 10.1 Å². The fraction of sp³-hybridized carbons (Fsp3) is 0.273. The van der Waals surface area contributed by atoms with E-state index in [1.165, 1.54) is 26.3 Å². The predicted molar refractivity (Wildman–Crippen MR) is 64.0 cm³/mol. The van der Waals surface area contributed by atoms with E-state index in [9.17, 15) is 19.7 Å². The van der Waals surface area contributed by atoms with Crippen molar-refractivity contribution >= 4 is 17.6 Å². The summed E-state index contributed by atoms with van der Waals surface area (Å²) >= 11 is 0. The van der Waals surface area contributed by atoms with E-state index >= 15 is 0 Å². The molecule has 0 fully saturated rings. The topological polar surface area (TPSA) is 108 Å². The number of hydrogen-bond donors (Lipinski definition) is 1. The summed E-state index contributed by atoms with van der Waals surface area (Å²) < 4.78 is 9.47. The number of ether oxygens (including phenoxy) is 2. The second-order valence-electron chi connectivity index (χ2n) is 3.39. The van der Waals surface area contributed by atoms with Crippen LogP contribution in [0, 0.1) is 10.1 Å². The first-order chi connectivity index (χ1) is 8.99. The zero-order valence-electron chi connectivity index (χ0n) is 10.3. The molecule has 0 saturated carbocycles. The second kappa shape index (κ2) is 6.34. The molecule has 1 N–H and O–H groups in total. The predicted octanol–water partition coefficient (Wildman–Crippen LogP) is 0.506. The molecule has 0 spiro atoms. The van der Waals surface area contributed by atoms with E-state index in [1.54, 1.807) is 0 Å². The number of nitrogens with one attached hydrogen (secondary N) is 1. The van der Waals surface area contributed by atoms with E-state index in [0.29, 0.717) is 0 Å². The molecule has 1 rings (SSSR count). The fourth-order valence-electron chi connectivity index (χ4n) is 1.24. The number of carbonyl (C=O) groups is 2. The number of hydrogen-bond acceptors (Lipinski definition) is 6. The lowest BCUT2D eigenvalue weighted by Gasteiger charge is -2.07. The normalized spacial score (nSPS) is 9.58. The van der Waals surface area contributed by atoms with Crippen molar-refractivity contribution in [2.24, 2.45) is 0 Å². The molecule has 0 aliphatic rings. The molecule has 1 amide bonds. The third-order valence-corrected chi connectivity index (χ3v) is 2.21. The number of nitro benzene ring substituents is 1. The Morgan fingerprint density at radius 2 is 2.11 bits per heavy atom. The Labute approximate surface area is 108 Å². The van der Waals surface area contributed by atoms with Crippen LogP contribution in [0.4, 0.5) is 5.69 Å². The molecule has 1 aromatic rings. The van der Waals surface area contributed by atoms with E-state index in [1.807, 2.05) is 0 Å². The number of esters is 1. The summed E-state index contributed by atoms with van der Waals surface area (Å²) in [4.78, 5) is 32.4. The number of nitrogens with zero attached hydrogens (tertiary/aromatic N) is 1. The monoisotopic (exact) mass is 268 g/mol. The van der Waals surface area contributed by atoms with Gasteiger partial charge in [0, 0.05) is 13.1 Å². The minimum absolute atomic E-state index is 0.0292. The van der Waals surface area contributed by atoms with Gasteiger partial charge in [-0.15, -0.1) is 0 Å². The maximum atomic E-state index is 11.3. The highest BCUT2D eigenvalue weighted by Gasteiger charge is 2.19. The van der Waals surface area contributed by atoms with Crippen LogP contribution in [0.3, 0.4) is 0 Å². The highest BCUT2D eigenvalue weighted by atomic mass is 16.6. The molecule has 0 radical (unpaired) electrons. The maximum Gasteiger partial charge on any atom is 0.338 e. The van der Waals surface area contributed by atoms with Crippen LogP contribution in [0.15, 0.2) is 18.2 Å². The van der Waals surface area contributed by atoms with Gasteiger partial charge in [0.05, 0.1) is 17.6 Å². The van der Waals surface area contributed by atoms with Crippen LogP contribution in [0.2, 0.25) is 0 Å². The van der Waals surface area contributed by atoms with Gasteiger partial charge in [0.25, 0.3) is 5.91 Å². The average molecular weight is 268 g/mol. The van der Waals surface area contributed by atoms with Gasteiger partial charge in [-0.05, 0) is 12.1 Å². The largest absolute Gasteiger partial charge is 0.477 e.